The van der Waals surface area contributed by atoms with Gasteiger partial charge >= 0.3 is 5.91 Å². The van der Waals surface area contributed by atoms with Gasteiger partial charge in [0.2, 0.25) is 0 Å². The molecule has 2 aliphatic heterocycles. The Labute approximate surface area is 246 Å². The normalized spacial score (nSPS) is 19.2. The number of aryl methyl sites for hydroxylation is 1. The number of aliphatic hydroxyl groups excluding tert-OH is 1. The van der Waals surface area contributed by atoms with E-state index in [9.17, 15) is 14.7 Å². The minimum atomic E-state index is -0.922. The van der Waals surface area contributed by atoms with E-state index in [0.29, 0.717) is 34.2 Å². The van der Waals surface area contributed by atoms with Crippen molar-refractivity contribution in [1.82, 2.24) is 4.98 Å². The van der Waals surface area contributed by atoms with Gasteiger partial charge in [0, 0.05) is 12.0 Å². The third kappa shape index (κ3) is 4.50. The van der Waals surface area contributed by atoms with Gasteiger partial charge in [-0.05, 0) is 85.1 Å². The lowest BCUT2D eigenvalue weighted by Gasteiger charge is -2.23. The molecule has 1 aromatic heterocycles. The molecule has 0 spiro atoms. The van der Waals surface area contributed by atoms with Gasteiger partial charge in [0.15, 0.2) is 5.13 Å². The third-order valence-electron chi connectivity index (χ3n) is 7.51. The van der Waals surface area contributed by atoms with Crippen LogP contribution in [0, 0.1) is 6.92 Å². The lowest BCUT2D eigenvalue weighted by Crippen LogP contribution is -2.29. The molecule has 7 nitrogen and oxygen atoms in total. The van der Waals surface area contributed by atoms with E-state index >= 15 is 0 Å². The van der Waals surface area contributed by atoms with Crippen LogP contribution >= 0.6 is 11.3 Å². The molecule has 7 rings (SSSR count). The number of amides is 1. The first kappa shape index (κ1) is 26.0. The Morgan fingerprint density at radius 1 is 0.976 bits per heavy atom. The maximum absolute atomic E-state index is 13.7. The average molecular weight is 575 g/mol. The number of aromatic nitrogens is 1. The van der Waals surface area contributed by atoms with Gasteiger partial charge in [-0.1, -0.05) is 47.7 Å². The van der Waals surface area contributed by atoms with E-state index in [0.717, 1.165) is 27.1 Å². The van der Waals surface area contributed by atoms with Gasteiger partial charge in [-0.25, -0.2) is 4.98 Å². The number of carbonyl (C=O) groups is 2. The molecule has 0 saturated carbocycles. The lowest BCUT2D eigenvalue weighted by atomic mass is 9.94. The monoisotopic (exact) mass is 574 g/mol. The van der Waals surface area contributed by atoms with Crippen molar-refractivity contribution in [1.29, 1.82) is 0 Å². The predicted molar refractivity (Wildman–Crippen MR) is 162 cm³/mol. The molecule has 0 unspecified atom stereocenters. The average Bonchev–Trinajstić information content (AvgIpc) is 3.65. The van der Waals surface area contributed by atoms with E-state index in [1.807, 2.05) is 86.6 Å². The first-order valence-electron chi connectivity index (χ1n) is 13.7. The summed E-state index contributed by atoms with van der Waals surface area (Å²) in [4.78, 5) is 33.6. The molecule has 8 heteroatoms. The van der Waals surface area contributed by atoms with Gasteiger partial charge in [0.05, 0.1) is 21.8 Å². The van der Waals surface area contributed by atoms with Gasteiger partial charge < -0.3 is 14.6 Å². The molecule has 2 aliphatic rings. The van der Waals surface area contributed by atoms with Crippen LogP contribution in [0.15, 0.2) is 96.6 Å². The van der Waals surface area contributed by atoms with Crippen molar-refractivity contribution < 1.29 is 24.2 Å². The number of fused-ring (bicyclic) bond motifs is 2. The summed E-state index contributed by atoms with van der Waals surface area (Å²) >= 11 is 1.34. The minimum Gasteiger partial charge on any atom is -0.507 e. The highest BCUT2D eigenvalue weighted by molar-refractivity contribution is 7.22. The van der Waals surface area contributed by atoms with E-state index in [4.69, 9.17) is 14.5 Å². The van der Waals surface area contributed by atoms with Crippen molar-refractivity contribution in [2.75, 3.05) is 4.90 Å². The molecule has 0 bridgehead atoms. The van der Waals surface area contributed by atoms with Crippen LogP contribution in [-0.2, 0) is 16.0 Å². The fourth-order valence-corrected chi connectivity index (χ4v) is 6.66. The van der Waals surface area contributed by atoms with Crippen molar-refractivity contribution >= 4 is 44.1 Å². The summed E-state index contributed by atoms with van der Waals surface area (Å²) in [6.07, 6.45) is 0.719. The largest absolute Gasteiger partial charge is 0.507 e. The number of nitrogens with zero attached hydrogens (tertiary/aromatic N) is 2. The Kier molecular flexibility index (Phi) is 6.28. The highest BCUT2D eigenvalue weighted by atomic mass is 32.1. The lowest BCUT2D eigenvalue weighted by molar-refractivity contribution is -0.132. The van der Waals surface area contributed by atoms with Gasteiger partial charge in [0.1, 0.15) is 29.1 Å². The van der Waals surface area contributed by atoms with E-state index < -0.39 is 17.7 Å². The topological polar surface area (TPSA) is 89.0 Å². The number of ether oxygens (including phenoxy) is 2. The Hall–Kier alpha value is -4.95. The highest BCUT2D eigenvalue weighted by Gasteiger charge is 2.48. The van der Waals surface area contributed by atoms with Crippen LogP contribution in [0.3, 0.4) is 0 Å². The number of para-hydroxylation sites is 1. The third-order valence-corrected chi connectivity index (χ3v) is 8.52. The number of carbonyl (C=O) groups excluding carboxylic acids is 2. The molecule has 3 heterocycles. The van der Waals surface area contributed by atoms with Crippen molar-refractivity contribution in [3.8, 4) is 17.2 Å². The van der Waals surface area contributed by atoms with Crippen LogP contribution in [0.5, 0.6) is 17.2 Å². The fourth-order valence-electron chi connectivity index (χ4n) is 5.57. The quantitative estimate of drug-likeness (QED) is 0.134. The Balaban J connectivity index is 1.38. The fraction of sp³-hybridized carbons (Fsp3) is 0.147. The van der Waals surface area contributed by atoms with E-state index in [1.54, 1.807) is 18.2 Å². The van der Waals surface area contributed by atoms with Crippen molar-refractivity contribution in [2.24, 2.45) is 0 Å². The van der Waals surface area contributed by atoms with E-state index in [-0.39, 0.29) is 17.4 Å². The summed E-state index contributed by atoms with van der Waals surface area (Å²) in [5.74, 6) is 0.186. The molecule has 2 atom stereocenters. The van der Waals surface area contributed by atoms with E-state index in [1.165, 1.54) is 16.2 Å². The maximum Gasteiger partial charge on any atom is 0.301 e. The number of rotatable bonds is 5. The molecular formula is C34H26N2O5S. The predicted octanol–water partition coefficient (Wildman–Crippen LogP) is 7.35. The number of ketones is 1. The van der Waals surface area contributed by atoms with Gasteiger partial charge in [0.25, 0.3) is 5.78 Å². The summed E-state index contributed by atoms with van der Waals surface area (Å²) in [5, 5.41) is 12.1. The van der Waals surface area contributed by atoms with E-state index in [2.05, 4.69) is 0 Å². The Bertz CT molecular complexity index is 1910. The summed E-state index contributed by atoms with van der Waals surface area (Å²) < 4.78 is 12.8. The maximum atomic E-state index is 13.7. The molecule has 1 fully saturated rings. The van der Waals surface area contributed by atoms with Gasteiger partial charge in [-0.15, -0.1) is 0 Å². The number of thiazole rings is 1. The zero-order valence-corrected chi connectivity index (χ0v) is 23.7. The minimum absolute atomic E-state index is 0.000730. The molecule has 4 aromatic carbocycles. The second kappa shape index (κ2) is 10.2. The molecule has 1 saturated heterocycles. The molecule has 42 heavy (non-hydrogen) atoms. The highest BCUT2D eigenvalue weighted by Crippen LogP contribution is 2.45. The zero-order chi connectivity index (χ0) is 29.0. The van der Waals surface area contributed by atoms with Crippen LogP contribution in [-0.4, -0.2) is 27.9 Å². The Morgan fingerprint density at radius 3 is 2.62 bits per heavy atom. The zero-order valence-electron chi connectivity index (χ0n) is 22.9. The molecule has 1 N–H and O–H groups in total. The molecule has 1 amide bonds. The van der Waals surface area contributed by atoms with Crippen LogP contribution in [0.1, 0.15) is 35.2 Å². The van der Waals surface area contributed by atoms with Crippen LogP contribution in [0.2, 0.25) is 0 Å². The number of anilines is 1. The number of aliphatic hydroxyl groups is 1. The molecule has 5 aromatic rings. The molecule has 208 valence electrons. The number of Topliss-reactive ketones (excluding diaryl/α,β-unsaturated/α-hetero) is 1. The standard InChI is InChI=1S/C34H26N2O5S/c1-19-11-13-26-28(15-19)42-34(35-26)36-30(21-7-6-10-25(18-21)41-24-8-4-3-5-9-24)29(32(38)33(36)39)31(37)22-12-14-27-23(17-22)16-20(2)40-27/h3-15,17-18,20,30,37H,16H2,1-2H3/b31-29+/t20-,30-/m0/s1. The van der Waals surface area contributed by atoms with Crippen molar-refractivity contribution in [3.05, 3.63) is 119 Å². The molecular weight excluding hydrogens is 548 g/mol. The first-order chi connectivity index (χ1) is 20.4. The second-order valence-electron chi connectivity index (χ2n) is 10.6. The number of benzene rings is 4. The second-order valence-corrected chi connectivity index (χ2v) is 11.6. The summed E-state index contributed by atoms with van der Waals surface area (Å²) in [5.41, 5.74) is 3.80. The van der Waals surface area contributed by atoms with Gasteiger partial charge in [-0.3, -0.25) is 14.5 Å². The SMILES string of the molecule is Cc1ccc2nc(N3C(=O)C(=O)/C(=C(/O)c4ccc5c(c4)C[C@H](C)O5)[C@@H]3c3cccc(Oc4ccccc4)c3)sc2c1. The first-order valence-corrected chi connectivity index (χ1v) is 14.5. The smallest absolute Gasteiger partial charge is 0.301 e. The van der Waals surface area contributed by atoms with Crippen LogP contribution in [0.25, 0.3) is 16.0 Å². The summed E-state index contributed by atoms with van der Waals surface area (Å²) in [7, 11) is 0. The summed E-state index contributed by atoms with van der Waals surface area (Å²) in [6.45, 7) is 3.97. The summed E-state index contributed by atoms with van der Waals surface area (Å²) in [6, 6.07) is 26.9. The Morgan fingerprint density at radius 2 is 1.79 bits per heavy atom. The van der Waals surface area contributed by atoms with Crippen LogP contribution in [0.4, 0.5) is 5.13 Å². The molecule has 0 radical (unpaired) electrons. The van der Waals surface area contributed by atoms with Crippen LogP contribution < -0.4 is 14.4 Å². The molecule has 0 aliphatic carbocycles. The van der Waals surface area contributed by atoms with Crippen molar-refractivity contribution in [3.63, 3.8) is 0 Å². The number of hydrogen-bond donors (Lipinski definition) is 1. The van der Waals surface area contributed by atoms with Gasteiger partial charge in [-0.2, -0.15) is 0 Å². The number of hydrogen-bond acceptors (Lipinski definition) is 7. The van der Waals surface area contributed by atoms with Crippen molar-refractivity contribution in [2.45, 2.75) is 32.4 Å².